The van der Waals surface area contributed by atoms with Crippen molar-refractivity contribution < 1.29 is 27.8 Å². The molecule has 1 aromatic carbocycles. The first-order chi connectivity index (χ1) is 7.93. The topological polar surface area (TPSA) is 46.5 Å². The minimum Gasteiger partial charge on any atom is -0.481 e. The number of rotatable bonds is 5. The van der Waals surface area contributed by atoms with Crippen molar-refractivity contribution in [3.63, 3.8) is 0 Å². The third kappa shape index (κ3) is 3.92. The minimum atomic E-state index is -3.09. The summed E-state index contributed by atoms with van der Waals surface area (Å²) in [5.74, 6) is -2.35. The van der Waals surface area contributed by atoms with Crippen LogP contribution in [0.2, 0.25) is 0 Å². The summed E-state index contributed by atoms with van der Waals surface area (Å²) in [6, 6.07) is 1.79. The summed E-state index contributed by atoms with van der Waals surface area (Å²) in [7, 11) is 0. The molecule has 0 spiro atoms. The van der Waals surface area contributed by atoms with Gasteiger partial charge in [0.25, 0.3) is 0 Å². The summed E-state index contributed by atoms with van der Waals surface area (Å²) in [5.41, 5.74) is 0.305. The molecule has 0 saturated carbocycles. The quantitative estimate of drug-likeness (QED) is 0.850. The van der Waals surface area contributed by atoms with E-state index in [4.69, 9.17) is 5.11 Å². The standard InChI is InChI=1S/C10H8BrF3O3/c11-4-7-5(2-9(15)16)1-6(12)3-8(7)17-10(13)14/h1,3,10H,2,4H2,(H,15,16). The van der Waals surface area contributed by atoms with Crippen LogP contribution in [0.25, 0.3) is 0 Å². The zero-order valence-electron chi connectivity index (χ0n) is 8.42. The maximum Gasteiger partial charge on any atom is 0.387 e. The Morgan fingerprint density at radius 2 is 2.12 bits per heavy atom. The summed E-state index contributed by atoms with van der Waals surface area (Å²) >= 11 is 3.02. The average molecular weight is 313 g/mol. The van der Waals surface area contributed by atoms with Crippen molar-refractivity contribution in [2.45, 2.75) is 18.4 Å². The SMILES string of the molecule is O=C(O)Cc1cc(F)cc(OC(F)F)c1CBr. The van der Waals surface area contributed by atoms with Gasteiger partial charge in [0.05, 0.1) is 6.42 Å². The van der Waals surface area contributed by atoms with Crippen molar-refractivity contribution in [2.75, 3.05) is 0 Å². The van der Waals surface area contributed by atoms with Crippen molar-refractivity contribution in [1.82, 2.24) is 0 Å². The molecule has 0 bridgehead atoms. The van der Waals surface area contributed by atoms with E-state index in [0.717, 1.165) is 12.1 Å². The first-order valence-corrected chi connectivity index (χ1v) is 5.60. The van der Waals surface area contributed by atoms with Crippen molar-refractivity contribution in [1.29, 1.82) is 0 Å². The first-order valence-electron chi connectivity index (χ1n) is 4.48. The number of alkyl halides is 3. The normalized spacial score (nSPS) is 10.6. The van der Waals surface area contributed by atoms with Crippen LogP contribution in [-0.2, 0) is 16.5 Å². The van der Waals surface area contributed by atoms with E-state index in [1.165, 1.54) is 0 Å². The molecule has 0 aliphatic rings. The van der Waals surface area contributed by atoms with Gasteiger partial charge in [-0.15, -0.1) is 0 Å². The Morgan fingerprint density at radius 3 is 2.59 bits per heavy atom. The minimum absolute atomic E-state index is 0.0952. The van der Waals surface area contributed by atoms with E-state index in [-0.39, 0.29) is 22.2 Å². The molecule has 1 aromatic rings. The van der Waals surface area contributed by atoms with Crippen LogP contribution in [0.5, 0.6) is 5.75 Å². The lowest BCUT2D eigenvalue weighted by Crippen LogP contribution is -2.09. The third-order valence-corrected chi connectivity index (χ3v) is 2.52. The van der Waals surface area contributed by atoms with E-state index in [9.17, 15) is 18.0 Å². The molecule has 1 rings (SSSR count). The van der Waals surface area contributed by atoms with Crippen molar-refractivity contribution in [2.24, 2.45) is 0 Å². The molecule has 94 valence electrons. The molecular weight excluding hydrogens is 305 g/mol. The summed E-state index contributed by atoms with van der Waals surface area (Å²) in [6.45, 7) is -3.09. The summed E-state index contributed by atoms with van der Waals surface area (Å²) in [4.78, 5) is 10.6. The Kier molecular flexibility index (Phi) is 4.80. The molecule has 0 atom stereocenters. The van der Waals surface area contributed by atoms with Gasteiger partial charge in [-0.05, 0) is 11.6 Å². The van der Waals surface area contributed by atoms with E-state index in [1.807, 2.05) is 0 Å². The zero-order chi connectivity index (χ0) is 13.0. The second kappa shape index (κ2) is 5.90. The zero-order valence-corrected chi connectivity index (χ0v) is 10.0. The molecule has 0 amide bonds. The molecule has 0 saturated heterocycles. The summed E-state index contributed by atoms with van der Waals surface area (Å²) < 4.78 is 41.4. The van der Waals surface area contributed by atoms with Crippen LogP contribution in [-0.4, -0.2) is 17.7 Å². The highest BCUT2D eigenvalue weighted by Crippen LogP contribution is 2.28. The van der Waals surface area contributed by atoms with Crippen LogP contribution in [0.3, 0.4) is 0 Å². The first kappa shape index (κ1) is 13.8. The van der Waals surface area contributed by atoms with Gasteiger partial charge in [0.1, 0.15) is 11.6 Å². The van der Waals surface area contributed by atoms with E-state index in [2.05, 4.69) is 20.7 Å². The third-order valence-electron chi connectivity index (χ3n) is 1.96. The highest BCUT2D eigenvalue weighted by Gasteiger charge is 2.16. The highest BCUT2D eigenvalue weighted by atomic mass is 79.9. The van der Waals surface area contributed by atoms with Gasteiger partial charge in [-0.3, -0.25) is 4.79 Å². The predicted molar refractivity (Wildman–Crippen MR) is 57.0 cm³/mol. The maximum atomic E-state index is 13.1. The number of hydrogen-bond acceptors (Lipinski definition) is 2. The van der Waals surface area contributed by atoms with Crippen molar-refractivity contribution >= 4 is 21.9 Å². The fraction of sp³-hybridized carbons (Fsp3) is 0.300. The Balaban J connectivity index is 3.19. The van der Waals surface area contributed by atoms with Gasteiger partial charge in [-0.1, -0.05) is 15.9 Å². The number of aliphatic carboxylic acids is 1. The van der Waals surface area contributed by atoms with Crippen molar-refractivity contribution in [3.05, 3.63) is 29.1 Å². The van der Waals surface area contributed by atoms with Crippen LogP contribution in [0.15, 0.2) is 12.1 Å². The van der Waals surface area contributed by atoms with Gasteiger partial charge in [0.15, 0.2) is 0 Å². The van der Waals surface area contributed by atoms with Crippen molar-refractivity contribution in [3.8, 4) is 5.75 Å². The van der Waals surface area contributed by atoms with Gasteiger partial charge < -0.3 is 9.84 Å². The molecule has 0 unspecified atom stereocenters. The maximum absolute atomic E-state index is 13.1. The number of hydrogen-bond donors (Lipinski definition) is 1. The smallest absolute Gasteiger partial charge is 0.387 e. The molecule has 0 heterocycles. The molecule has 0 radical (unpaired) electrons. The van der Waals surface area contributed by atoms with Gasteiger partial charge in [0.2, 0.25) is 0 Å². The Hall–Kier alpha value is -1.24. The second-order valence-corrected chi connectivity index (χ2v) is 3.68. The number of carboxylic acids is 1. The van der Waals surface area contributed by atoms with E-state index < -0.39 is 24.8 Å². The number of ether oxygens (including phenoxy) is 1. The molecule has 0 aliphatic heterocycles. The fourth-order valence-electron chi connectivity index (χ4n) is 1.34. The van der Waals surface area contributed by atoms with Crippen LogP contribution in [0.4, 0.5) is 13.2 Å². The van der Waals surface area contributed by atoms with E-state index in [1.54, 1.807) is 0 Å². The lowest BCUT2D eigenvalue weighted by molar-refractivity contribution is -0.136. The molecule has 0 aromatic heterocycles. The average Bonchev–Trinajstić information content (AvgIpc) is 2.14. The number of halogens is 4. The van der Waals surface area contributed by atoms with Gasteiger partial charge in [-0.25, -0.2) is 4.39 Å². The van der Waals surface area contributed by atoms with Crippen LogP contribution < -0.4 is 4.74 Å². The molecule has 1 N–H and O–H groups in total. The summed E-state index contributed by atoms with van der Waals surface area (Å²) in [5, 5.41) is 8.72. The molecule has 17 heavy (non-hydrogen) atoms. The Bertz CT molecular complexity index is 424. The number of carboxylic acid groups (broad SMARTS) is 1. The second-order valence-electron chi connectivity index (χ2n) is 3.12. The van der Waals surface area contributed by atoms with E-state index in [0.29, 0.717) is 0 Å². The Morgan fingerprint density at radius 1 is 1.47 bits per heavy atom. The fourth-order valence-corrected chi connectivity index (χ4v) is 1.98. The lowest BCUT2D eigenvalue weighted by atomic mass is 10.0. The number of benzene rings is 1. The summed E-state index contributed by atoms with van der Waals surface area (Å²) in [6.07, 6.45) is -0.460. The monoisotopic (exact) mass is 312 g/mol. The molecule has 3 nitrogen and oxygen atoms in total. The van der Waals surface area contributed by atoms with Gasteiger partial charge in [0, 0.05) is 17.0 Å². The van der Waals surface area contributed by atoms with Crippen LogP contribution in [0.1, 0.15) is 11.1 Å². The van der Waals surface area contributed by atoms with E-state index >= 15 is 0 Å². The Labute approximate surface area is 103 Å². The largest absolute Gasteiger partial charge is 0.481 e. The van der Waals surface area contributed by atoms with Gasteiger partial charge >= 0.3 is 12.6 Å². The highest BCUT2D eigenvalue weighted by molar-refractivity contribution is 9.08. The number of carbonyl (C=O) groups is 1. The predicted octanol–water partition coefficient (Wildman–Crippen LogP) is 2.95. The van der Waals surface area contributed by atoms with Gasteiger partial charge in [-0.2, -0.15) is 8.78 Å². The molecule has 0 aliphatic carbocycles. The van der Waals surface area contributed by atoms with Crippen LogP contribution in [0, 0.1) is 5.82 Å². The molecule has 0 fully saturated rings. The molecule has 7 heteroatoms. The molecular formula is C10H8BrF3O3. The van der Waals surface area contributed by atoms with Crippen LogP contribution >= 0.6 is 15.9 Å². The lowest BCUT2D eigenvalue weighted by Gasteiger charge is -2.12.